The molecule has 0 spiro atoms. The van der Waals surface area contributed by atoms with E-state index in [4.69, 9.17) is 0 Å². The maximum Gasteiger partial charge on any atom is 0.222 e. The summed E-state index contributed by atoms with van der Waals surface area (Å²) in [4.78, 5) is 16.1. The summed E-state index contributed by atoms with van der Waals surface area (Å²) in [7, 11) is 8.19. The van der Waals surface area contributed by atoms with Crippen LogP contribution in [0.5, 0.6) is 0 Å². The third-order valence-electron chi connectivity index (χ3n) is 3.11. The summed E-state index contributed by atoms with van der Waals surface area (Å²) < 4.78 is 0. The summed E-state index contributed by atoms with van der Waals surface area (Å²) in [6.45, 7) is 5.94. The number of carbonyl (C=O) groups excluding carboxylic acids is 1. The fourth-order valence-electron chi connectivity index (χ4n) is 1.61. The van der Waals surface area contributed by atoms with Crippen molar-refractivity contribution < 1.29 is 4.79 Å². The first kappa shape index (κ1) is 16.4. The molecule has 1 N–H and O–H groups in total. The molecule has 4 heteroatoms. The smallest absolute Gasteiger partial charge is 0.222 e. The van der Waals surface area contributed by atoms with E-state index in [1.165, 1.54) is 0 Å². The zero-order valence-electron chi connectivity index (χ0n) is 12.3. The fourth-order valence-corrected chi connectivity index (χ4v) is 1.61. The Hall–Kier alpha value is -0.610. The molecular weight excluding hydrogens is 214 g/mol. The molecule has 0 aromatic rings. The van der Waals surface area contributed by atoms with Gasteiger partial charge in [0.25, 0.3) is 0 Å². The summed E-state index contributed by atoms with van der Waals surface area (Å²) in [5.74, 6) is 0.268. The Balaban J connectivity index is 3.75. The molecule has 2 atom stereocenters. The minimum atomic E-state index is 0.0896. The molecule has 0 aliphatic heterocycles. The van der Waals surface area contributed by atoms with Crippen molar-refractivity contribution >= 4 is 5.91 Å². The van der Waals surface area contributed by atoms with Crippen LogP contribution >= 0.6 is 0 Å². The highest BCUT2D eigenvalue weighted by Gasteiger charge is 2.16. The number of nitrogens with zero attached hydrogens (tertiary/aromatic N) is 2. The van der Waals surface area contributed by atoms with Crippen molar-refractivity contribution in [3.8, 4) is 0 Å². The maximum absolute atomic E-state index is 11.8. The van der Waals surface area contributed by atoms with Gasteiger partial charge in [-0.2, -0.15) is 0 Å². The van der Waals surface area contributed by atoms with Crippen molar-refractivity contribution in [3.05, 3.63) is 0 Å². The van der Waals surface area contributed by atoms with Crippen molar-refractivity contribution in [2.24, 2.45) is 5.92 Å². The van der Waals surface area contributed by atoms with E-state index in [0.29, 0.717) is 6.04 Å². The summed E-state index contributed by atoms with van der Waals surface area (Å²) in [6, 6.07) is 0.442. The van der Waals surface area contributed by atoms with Gasteiger partial charge in [0, 0.05) is 18.5 Å². The molecule has 1 amide bonds. The summed E-state index contributed by atoms with van der Waals surface area (Å²) in [6.07, 6.45) is 1.92. The molecular formula is C13H29N3O. The van der Waals surface area contributed by atoms with Gasteiger partial charge >= 0.3 is 0 Å². The number of rotatable bonds is 8. The summed E-state index contributed by atoms with van der Waals surface area (Å²) >= 11 is 0. The van der Waals surface area contributed by atoms with Gasteiger partial charge in [0.05, 0.1) is 0 Å². The first-order valence-electron chi connectivity index (χ1n) is 6.43. The highest BCUT2D eigenvalue weighted by molar-refractivity contribution is 5.78. The van der Waals surface area contributed by atoms with Crippen molar-refractivity contribution in [2.75, 3.05) is 41.3 Å². The first-order chi connectivity index (χ1) is 7.84. The van der Waals surface area contributed by atoms with Crippen LogP contribution in [0.4, 0.5) is 0 Å². The Bertz CT molecular complexity index is 217. The molecule has 0 aromatic carbocycles. The summed E-state index contributed by atoms with van der Waals surface area (Å²) in [5.41, 5.74) is 0. The average Bonchev–Trinajstić information content (AvgIpc) is 2.23. The number of carbonyl (C=O) groups is 1. The number of amides is 1. The monoisotopic (exact) mass is 243 g/mol. The Morgan fingerprint density at radius 2 is 1.76 bits per heavy atom. The van der Waals surface area contributed by atoms with Gasteiger partial charge in [-0.3, -0.25) is 4.79 Å². The van der Waals surface area contributed by atoms with Gasteiger partial charge in [0.1, 0.15) is 0 Å². The SMILES string of the molecule is CC(CC(C)N(C)C)C(=O)NCCCN(C)C. The average molecular weight is 243 g/mol. The molecule has 0 bridgehead atoms. The van der Waals surface area contributed by atoms with Gasteiger partial charge < -0.3 is 15.1 Å². The van der Waals surface area contributed by atoms with Crippen LogP contribution in [0, 0.1) is 5.92 Å². The largest absolute Gasteiger partial charge is 0.356 e. The highest BCUT2D eigenvalue weighted by atomic mass is 16.1. The van der Waals surface area contributed by atoms with E-state index in [-0.39, 0.29) is 11.8 Å². The van der Waals surface area contributed by atoms with Crippen molar-refractivity contribution in [3.63, 3.8) is 0 Å². The molecule has 0 heterocycles. The predicted octanol–water partition coefficient (Wildman–Crippen LogP) is 1.03. The molecule has 0 aliphatic rings. The van der Waals surface area contributed by atoms with Crippen LogP contribution in [0.1, 0.15) is 26.7 Å². The van der Waals surface area contributed by atoms with Crippen molar-refractivity contribution in [1.29, 1.82) is 0 Å². The van der Waals surface area contributed by atoms with Crippen LogP contribution in [0.25, 0.3) is 0 Å². The molecule has 0 saturated heterocycles. The normalized spacial score (nSPS) is 15.1. The topological polar surface area (TPSA) is 35.6 Å². The van der Waals surface area contributed by atoms with Crippen LogP contribution < -0.4 is 5.32 Å². The second kappa shape index (κ2) is 8.48. The third kappa shape index (κ3) is 8.16. The van der Waals surface area contributed by atoms with E-state index < -0.39 is 0 Å². The van der Waals surface area contributed by atoms with E-state index >= 15 is 0 Å². The van der Waals surface area contributed by atoms with E-state index in [0.717, 1.165) is 25.9 Å². The molecule has 0 saturated carbocycles. The summed E-state index contributed by atoms with van der Waals surface area (Å²) in [5, 5.41) is 3.00. The molecule has 17 heavy (non-hydrogen) atoms. The molecule has 0 rings (SSSR count). The molecule has 0 aromatic heterocycles. The lowest BCUT2D eigenvalue weighted by atomic mass is 10.0. The van der Waals surface area contributed by atoms with Crippen LogP contribution in [-0.4, -0.2) is 63.0 Å². The molecule has 4 nitrogen and oxygen atoms in total. The number of hydrogen-bond donors (Lipinski definition) is 1. The molecule has 0 radical (unpaired) electrons. The Morgan fingerprint density at radius 3 is 2.24 bits per heavy atom. The van der Waals surface area contributed by atoms with Gasteiger partial charge in [-0.15, -0.1) is 0 Å². The van der Waals surface area contributed by atoms with Crippen molar-refractivity contribution in [2.45, 2.75) is 32.7 Å². The number of hydrogen-bond acceptors (Lipinski definition) is 3. The van der Waals surface area contributed by atoms with Crippen LogP contribution in [0.3, 0.4) is 0 Å². The van der Waals surface area contributed by atoms with Crippen LogP contribution in [-0.2, 0) is 4.79 Å². The van der Waals surface area contributed by atoms with E-state index in [9.17, 15) is 4.79 Å². The van der Waals surface area contributed by atoms with E-state index in [1.54, 1.807) is 0 Å². The second-order valence-electron chi connectivity index (χ2n) is 5.40. The van der Waals surface area contributed by atoms with Crippen LogP contribution in [0.15, 0.2) is 0 Å². The maximum atomic E-state index is 11.8. The molecule has 0 fully saturated rings. The minimum absolute atomic E-state index is 0.0896. The van der Waals surface area contributed by atoms with Gasteiger partial charge in [-0.05, 0) is 54.5 Å². The Labute approximate surface area is 106 Å². The van der Waals surface area contributed by atoms with Gasteiger partial charge in [-0.1, -0.05) is 6.92 Å². The zero-order chi connectivity index (χ0) is 13.4. The van der Waals surface area contributed by atoms with Crippen LogP contribution in [0.2, 0.25) is 0 Å². The Kier molecular flexibility index (Phi) is 8.17. The first-order valence-corrected chi connectivity index (χ1v) is 6.43. The second-order valence-corrected chi connectivity index (χ2v) is 5.40. The molecule has 102 valence electrons. The van der Waals surface area contributed by atoms with Gasteiger partial charge in [-0.25, -0.2) is 0 Å². The fraction of sp³-hybridized carbons (Fsp3) is 0.923. The van der Waals surface area contributed by atoms with E-state index in [2.05, 4.69) is 22.0 Å². The standard InChI is InChI=1S/C13H29N3O/c1-11(10-12(2)16(5)6)13(17)14-8-7-9-15(3)4/h11-12H,7-10H2,1-6H3,(H,14,17). The third-order valence-corrected chi connectivity index (χ3v) is 3.11. The lowest BCUT2D eigenvalue weighted by molar-refractivity contribution is -0.125. The zero-order valence-corrected chi connectivity index (χ0v) is 12.3. The quantitative estimate of drug-likeness (QED) is 0.647. The van der Waals surface area contributed by atoms with E-state index in [1.807, 2.05) is 35.1 Å². The molecule has 2 unspecified atom stereocenters. The lowest BCUT2D eigenvalue weighted by Crippen LogP contribution is -2.35. The number of nitrogens with one attached hydrogen (secondary N) is 1. The highest BCUT2D eigenvalue weighted by Crippen LogP contribution is 2.09. The van der Waals surface area contributed by atoms with Crippen molar-refractivity contribution in [1.82, 2.24) is 15.1 Å². The Morgan fingerprint density at radius 1 is 1.18 bits per heavy atom. The minimum Gasteiger partial charge on any atom is -0.356 e. The van der Waals surface area contributed by atoms with Gasteiger partial charge in [0.15, 0.2) is 0 Å². The van der Waals surface area contributed by atoms with Gasteiger partial charge in [0.2, 0.25) is 5.91 Å². The molecule has 0 aliphatic carbocycles. The lowest BCUT2D eigenvalue weighted by Gasteiger charge is -2.23. The predicted molar refractivity (Wildman–Crippen MR) is 73.1 cm³/mol.